The second-order valence-electron chi connectivity index (χ2n) is 5.72. The lowest BCUT2D eigenvalue weighted by molar-refractivity contribution is 0.584. The Morgan fingerprint density at radius 3 is 2.57 bits per heavy atom. The van der Waals surface area contributed by atoms with Crippen LogP contribution in [-0.4, -0.2) is 18.4 Å². The average molecular weight is 397 g/mol. The molecule has 1 aromatic heterocycles. The number of nitrogens with one attached hydrogen (secondary N) is 1. The first-order valence-electron chi connectivity index (χ1n) is 7.21. The molecule has 1 aromatic carbocycles. The van der Waals surface area contributed by atoms with Gasteiger partial charge in [-0.05, 0) is 54.2 Å². The van der Waals surface area contributed by atoms with E-state index >= 15 is 0 Å². The largest absolute Gasteiger partial charge is 0.257 e. The Labute approximate surface area is 143 Å². The summed E-state index contributed by atoms with van der Waals surface area (Å²) in [6.45, 7) is 3.71. The van der Waals surface area contributed by atoms with Gasteiger partial charge < -0.3 is 0 Å². The van der Waals surface area contributed by atoms with Crippen LogP contribution in [0.2, 0.25) is 0 Å². The van der Waals surface area contributed by atoms with Crippen molar-refractivity contribution in [3.63, 3.8) is 0 Å². The van der Waals surface area contributed by atoms with Crippen LogP contribution in [0.5, 0.6) is 0 Å². The maximum absolute atomic E-state index is 12.3. The number of nitrogens with zero attached hydrogens (tertiary/aromatic N) is 2. The summed E-state index contributed by atoms with van der Waals surface area (Å²) in [5, 5.41) is 0. The summed E-state index contributed by atoms with van der Waals surface area (Å²) in [4.78, 5) is 11.1. The number of hydrogen-bond donors (Lipinski definition) is 2. The number of hydrazine groups is 1. The Morgan fingerprint density at radius 1 is 1.26 bits per heavy atom. The SMILES string of the molecule is Cc1ccc(-c2nc(C3CC3)nc(C)c2Br)c(S(=O)(=O)NN)c1. The van der Waals surface area contributed by atoms with E-state index in [0.717, 1.165) is 29.9 Å². The quantitative estimate of drug-likeness (QED) is 0.611. The zero-order valence-electron chi connectivity index (χ0n) is 12.8. The fraction of sp³-hybridized carbons (Fsp3) is 0.333. The maximum Gasteiger partial charge on any atom is 0.253 e. The molecule has 6 nitrogen and oxygen atoms in total. The molecule has 0 atom stereocenters. The highest BCUT2D eigenvalue weighted by molar-refractivity contribution is 9.10. The number of sulfonamides is 1. The number of rotatable bonds is 4. The van der Waals surface area contributed by atoms with Gasteiger partial charge in [0.05, 0.1) is 20.8 Å². The van der Waals surface area contributed by atoms with Crippen molar-refractivity contribution >= 4 is 26.0 Å². The van der Waals surface area contributed by atoms with Crippen LogP contribution in [0.4, 0.5) is 0 Å². The van der Waals surface area contributed by atoms with Crippen molar-refractivity contribution in [2.75, 3.05) is 0 Å². The van der Waals surface area contributed by atoms with Gasteiger partial charge in [0.25, 0.3) is 10.0 Å². The molecule has 23 heavy (non-hydrogen) atoms. The van der Waals surface area contributed by atoms with Gasteiger partial charge in [0.15, 0.2) is 0 Å². The maximum atomic E-state index is 12.3. The Bertz CT molecular complexity index is 879. The molecule has 3 N–H and O–H groups in total. The molecule has 0 saturated heterocycles. The monoisotopic (exact) mass is 396 g/mol. The highest BCUT2D eigenvalue weighted by Gasteiger charge is 2.29. The molecule has 8 heteroatoms. The molecular formula is C15H17BrN4O2S. The number of hydrogen-bond acceptors (Lipinski definition) is 5. The van der Waals surface area contributed by atoms with Gasteiger partial charge in [0.2, 0.25) is 0 Å². The Kier molecular flexibility index (Phi) is 4.26. The molecule has 122 valence electrons. The van der Waals surface area contributed by atoms with E-state index in [-0.39, 0.29) is 4.90 Å². The molecule has 0 amide bonds. The van der Waals surface area contributed by atoms with Crippen molar-refractivity contribution in [3.05, 3.63) is 39.8 Å². The first-order valence-corrected chi connectivity index (χ1v) is 9.48. The molecule has 0 radical (unpaired) electrons. The lowest BCUT2D eigenvalue weighted by Gasteiger charge is -2.14. The molecule has 1 aliphatic carbocycles. The van der Waals surface area contributed by atoms with E-state index in [9.17, 15) is 8.42 Å². The first-order chi connectivity index (χ1) is 10.8. The fourth-order valence-electron chi connectivity index (χ4n) is 2.39. The molecule has 1 fully saturated rings. The zero-order valence-corrected chi connectivity index (χ0v) is 15.2. The second kappa shape index (κ2) is 5.94. The lowest BCUT2D eigenvalue weighted by atomic mass is 10.1. The summed E-state index contributed by atoms with van der Waals surface area (Å²) in [6.07, 6.45) is 2.15. The van der Waals surface area contributed by atoms with Crippen molar-refractivity contribution < 1.29 is 8.42 Å². The molecule has 1 heterocycles. The standard InChI is InChI=1S/C15H17BrN4O2S/c1-8-3-6-11(12(7-8)23(21,22)20-17)14-13(16)9(2)18-15(19-14)10-4-5-10/h3,6-7,10,20H,4-5,17H2,1-2H3. The van der Waals surface area contributed by atoms with Crippen LogP contribution in [0.15, 0.2) is 27.6 Å². The molecule has 0 bridgehead atoms. The molecular weight excluding hydrogens is 380 g/mol. The first kappa shape index (κ1) is 16.5. The van der Waals surface area contributed by atoms with Gasteiger partial charge in [0.1, 0.15) is 5.82 Å². The fourth-order valence-corrected chi connectivity index (χ4v) is 3.71. The minimum Gasteiger partial charge on any atom is -0.257 e. The van der Waals surface area contributed by atoms with Crippen molar-refractivity contribution in [1.29, 1.82) is 0 Å². The summed E-state index contributed by atoms with van der Waals surface area (Å²) in [6, 6.07) is 5.19. The predicted molar refractivity (Wildman–Crippen MR) is 91.1 cm³/mol. The van der Waals surface area contributed by atoms with Gasteiger partial charge >= 0.3 is 0 Å². The topological polar surface area (TPSA) is 98.0 Å². The van der Waals surface area contributed by atoms with Gasteiger partial charge in [-0.2, -0.15) is 4.83 Å². The third-order valence-electron chi connectivity index (χ3n) is 3.81. The number of aryl methyl sites for hydroxylation is 2. The van der Waals surface area contributed by atoms with Crippen molar-refractivity contribution in [3.8, 4) is 11.3 Å². The summed E-state index contributed by atoms with van der Waals surface area (Å²) in [5.41, 5.74) is 2.70. The van der Waals surface area contributed by atoms with Crippen LogP contribution in [0.3, 0.4) is 0 Å². The summed E-state index contributed by atoms with van der Waals surface area (Å²) < 4.78 is 25.3. The number of halogens is 1. The number of nitrogens with two attached hydrogens (primary N) is 1. The van der Waals surface area contributed by atoms with Crippen molar-refractivity contribution in [1.82, 2.24) is 14.8 Å². The normalized spacial score (nSPS) is 15.0. The highest BCUT2D eigenvalue weighted by Crippen LogP contribution is 2.41. The van der Waals surface area contributed by atoms with Crippen molar-refractivity contribution in [2.24, 2.45) is 5.84 Å². The van der Waals surface area contributed by atoms with E-state index in [1.165, 1.54) is 0 Å². The Balaban J connectivity index is 2.27. The Morgan fingerprint density at radius 2 is 1.96 bits per heavy atom. The molecule has 2 aromatic rings. The van der Waals surface area contributed by atoms with Crippen LogP contribution in [0.25, 0.3) is 11.3 Å². The van der Waals surface area contributed by atoms with Crippen LogP contribution in [-0.2, 0) is 10.0 Å². The third kappa shape index (κ3) is 3.16. The summed E-state index contributed by atoms with van der Waals surface area (Å²) >= 11 is 3.49. The van der Waals surface area contributed by atoms with Gasteiger partial charge in [-0.1, -0.05) is 12.1 Å². The van der Waals surface area contributed by atoms with Crippen LogP contribution >= 0.6 is 15.9 Å². The van der Waals surface area contributed by atoms with E-state index in [1.807, 2.05) is 24.7 Å². The van der Waals surface area contributed by atoms with Gasteiger partial charge in [0, 0.05) is 11.5 Å². The van der Waals surface area contributed by atoms with Crippen LogP contribution in [0, 0.1) is 13.8 Å². The second-order valence-corrected chi connectivity index (χ2v) is 8.20. The number of aromatic nitrogens is 2. The average Bonchev–Trinajstić information content (AvgIpc) is 3.35. The van der Waals surface area contributed by atoms with Gasteiger partial charge in [-0.25, -0.2) is 18.4 Å². The smallest absolute Gasteiger partial charge is 0.253 e. The third-order valence-corrected chi connectivity index (χ3v) is 5.99. The van der Waals surface area contributed by atoms with E-state index in [4.69, 9.17) is 5.84 Å². The molecule has 3 rings (SSSR count). The predicted octanol–water partition coefficient (Wildman–Crippen LogP) is 2.55. The van der Waals surface area contributed by atoms with Gasteiger partial charge in [-0.3, -0.25) is 5.84 Å². The zero-order chi connectivity index (χ0) is 16.8. The van der Waals surface area contributed by atoms with Crippen LogP contribution in [0.1, 0.15) is 35.8 Å². The van der Waals surface area contributed by atoms with E-state index in [2.05, 4.69) is 25.9 Å². The van der Waals surface area contributed by atoms with Crippen molar-refractivity contribution in [2.45, 2.75) is 37.5 Å². The minimum absolute atomic E-state index is 0.112. The molecule has 0 spiro atoms. The van der Waals surface area contributed by atoms with E-state index in [1.54, 1.807) is 12.1 Å². The van der Waals surface area contributed by atoms with E-state index in [0.29, 0.717) is 21.6 Å². The van der Waals surface area contributed by atoms with Crippen LogP contribution < -0.4 is 10.7 Å². The highest BCUT2D eigenvalue weighted by atomic mass is 79.9. The number of benzene rings is 1. The Hall–Kier alpha value is -1.35. The van der Waals surface area contributed by atoms with E-state index < -0.39 is 10.0 Å². The molecule has 1 saturated carbocycles. The molecule has 0 unspecified atom stereocenters. The van der Waals surface area contributed by atoms with Gasteiger partial charge in [-0.15, -0.1) is 0 Å². The summed E-state index contributed by atoms with van der Waals surface area (Å²) in [7, 11) is -3.80. The molecule has 0 aliphatic heterocycles. The minimum atomic E-state index is -3.80. The summed E-state index contributed by atoms with van der Waals surface area (Å²) in [5.74, 6) is 6.35. The lowest BCUT2D eigenvalue weighted by Crippen LogP contribution is -2.30. The molecule has 1 aliphatic rings.